The van der Waals surface area contributed by atoms with E-state index in [2.05, 4.69) is 4.98 Å². The van der Waals surface area contributed by atoms with Crippen molar-refractivity contribution in [3.05, 3.63) is 40.9 Å². The summed E-state index contributed by atoms with van der Waals surface area (Å²) in [6, 6.07) is 4.94. The van der Waals surface area contributed by atoms with E-state index in [1.165, 1.54) is 22.3 Å². The minimum atomic E-state index is -4.40. The molecule has 2 rings (SSSR count). The molecule has 0 unspecified atom stereocenters. The first-order valence-electron chi connectivity index (χ1n) is 6.78. The Morgan fingerprint density at radius 1 is 1.39 bits per heavy atom. The highest BCUT2D eigenvalue weighted by molar-refractivity contribution is 7.13. The third-order valence-corrected chi connectivity index (χ3v) is 4.12. The molecule has 8 heteroatoms. The largest absolute Gasteiger partial charge is 0.416 e. The van der Waals surface area contributed by atoms with Crippen molar-refractivity contribution in [1.29, 1.82) is 0 Å². The van der Waals surface area contributed by atoms with Crippen LogP contribution in [-0.4, -0.2) is 41.1 Å². The lowest BCUT2D eigenvalue weighted by atomic mass is 10.1. The van der Waals surface area contributed by atoms with Gasteiger partial charge in [0.15, 0.2) is 0 Å². The standard InChI is InChI=1S/C15H15F3N2O2S/c1-20(5-6-21)13(22)8-12-9-23-14(19-12)10-3-2-4-11(7-10)15(16,17)18/h2-4,7,9,21H,5-6,8H2,1H3. The maximum absolute atomic E-state index is 12.7. The van der Waals surface area contributed by atoms with Gasteiger partial charge in [-0.2, -0.15) is 13.2 Å². The third kappa shape index (κ3) is 4.52. The number of aromatic nitrogens is 1. The Kier molecular flexibility index (Phi) is 5.38. The van der Waals surface area contributed by atoms with Crippen molar-refractivity contribution in [1.82, 2.24) is 9.88 Å². The molecule has 1 N–H and O–H groups in total. The van der Waals surface area contributed by atoms with Crippen LogP contribution in [0.25, 0.3) is 10.6 Å². The van der Waals surface area contributed by atoms with E-state index in [-0.39, 0.29) is 25.5 Å². The normalized spacial score (nSPS) is 11.5. The Labute approximate surface area is 135 Å². The summed E-state index contributed by atoms with van der Waals surface area (Å²) in [5.74, 6) is -0.208. The van der Waals surface area contributed by atoms with Crippen molar-refractivity contribution in [3.8, 4) is 10.6 Å². The molecule has 0 saturated carbocycles. The Balaban J connectivity index is 2.15. The van der Waals surface area contributed by atoms with Gasteiger partial charge in [0.25, 0.3) is 0 Å². The fourth-order valence-corrected chi connectivity index (χ4v) is 2.73. The Hall–Kier alpha value is -1.93. The van der Waals surface area contributed by atoms with Crippen LogP contribution in [0.15, 0.2) is 29.6 Å². The molecule has 0 aliphatic rings. The number of hydrogen-bond donors (Lipinski definition) is 1. The first-order valence-corrected chi connectivity index (χ1v) is 7.66. The van der Waals surface area contributed by atoms with Gasteiger partial charge in [-0.1, -0.05) is 12.1 Å². The minimum Gasteiger partial charge on any atom is -0.395 e. The first kappa shape index (κ1) is 17.4. The summed E-state index contributed by atoms with van der Waals surface area (Å²) in [7, 11) is 1.57. The van der Waals surface area contributed by atoms with Gasteiger partial charge in [0.1, 0.15) is 5.01 Å². The molecule has 0 radical (unpaired) electrons. The number of rotatable bonds is 5. The first-order chi connectivity index (χ1) is 10.8. The van der Waals surface area contributed by atoms with E-state index in [0.717, 1.165) is 12.1 Å². The summed E-state index contributed by atoms with van der Waals surface area (Å²) < 4.78 is 38.2. The van der Waals surface area contributed by atoms with Crippen LogP contribution in [0.5, 0.6) is 0 Å². The van der Waals surface area contributed by atoms with Crippen LogP contribution < -0.4 is 0 Å². The zero-order valence-corrected chi connectivity index (χ0v) is 13.1. The van der Waals surface area contributed by atoms with E-state index in [4.69, 9.17) is 5.11 Å². The molecule has 2 aromatic rings. The number of alkyl halides is 3. The number of nitrogens with zero attached hydrogens (tertiary/aromatic N) is 2. The van der Waals surface area contributed by atoms with Crippen molar-refractivity contribution in [2.45, 2.75) is 12.6 Å². The highest BCUT2D eigenvalue weighted by Gasteiger charge is 2.30. The molecule has 23 heavy (non-hydrogen) atoms. The second kappa shape index (κ2) is 7.10. The van der Waals surface area contributed by atoms with E-state index >= 15 is 0 Å². The molecule has 124 valence electrons. The predicted octanol–water partition coefficient (Wildman–Crippen LogP) is 2.82. The van der Waals surface area contributed by atoms with Gasteiger partial charge in [-0.25, -0.2) is 4.98 Å². The average molecular weight is 344 g/mol. The number of benzene rings is 1. The second-order valence-corrected chi connectivity index (χ2v) is 5.80. The highest BCUT2D eigenvalue weighted by atomic mass is 32.1. The van der Waals surface area contributed by atoms with Crippen LogP contribution in [0.1, 0.15) is 11.3 Å². The van der Waals surface area contributed by atoms with E-state index in [0.29, 0.717) is 16.3 Å². The maximum Gasteiger partial charge on any atom is 0.416 e. The Morgan fingerprint density at radius 2 is 2.13 bits per heavy atom. The van der Waals surface area contributed by atoms with E-state index in [1.54, 1.807) is 18.5 Å². The zero-order valence-electron chi connectivity index (χ0n) is 12.3. The van der Waals surface area contributed by atoms with Gasteiger partial charge in [0.2, 0.25) is 5.91 Å². The number of hydrogen-bond acceptors (Lipinski definition) is 4. The lowest BCUT2D eigenvalue weighted by Gasteiger charge is -2.14. The molecular weight excluding hydrogens is 329 g/mol. The van der Waals surface area contributed by atoms with Gasteiger partial charge in [-0.15, -0.1) is 11.3 Å². The highest BCUT2D eigenvalue weighted by Crippen LogP contribution is 2.33. The number of aliphatic hydroxyl groups excluding tert-OH is 1. The summed E-state index contributed by atoms with van der Waals surface area (Å²) >= 11 is 1.19. The lowest BCUT2D eigenvalue weighted by Crippen LogP contribution is -2.30. The number of carbonyl (C=O) groups is 1. The van der Waals surface area contributed by atoms with Crippen LogP contribution in [0.2, 0.25) is 0 Å². The maximum atomic E-state index is 12.7. The number of carbonyl (C=O) groups excluding carboxylic acids is 1. The van der Waals surface area contributed by atoms with Crippen molar-refractivity contribution < 1.29 is 23.1 Å². The third-order valence-electron chi connectivity index (χ3n) is 3.18. The quantitative estimate of drug-likeness (QED) is 0.907. The summed E-state index contributed by atoms with van der Waals surface area (Å²) in [6.45, 7) is 0.0955. The second-order valence-electron chi connectivity index (χ2n) is 4.94. The van der Waals surface area contributed by atoms with Crippen LogP contribution in [0.4, 0.5) is 13.2 Å². The molecule has 0 fully saturated rings. The topological polar surface area (TPSA) is 53.4 Å². The zero-order chi connectivity index (χ0) is 17.0. The van der Waals surface area contributed by atoms with Gasteiger partial charge in [0, 0.05) is 24.5 Å². The molecule has 1 heterocycles. The molecule has 0 aliphatic carbocycles. The van der Waals surface area contributed by atoms with Crippen molar-refractivity contribution in [2.24, 2.45) is 0 Å². The number of amides is 1. The molecule has 0 aliphatic heterocycles. The SMILES string of the molecule is CN(CCO)C(=O)Cc1csc(-c2cccc(C(F)(F)F)c2)n1. The van der Waals surface area contributed by atoms with Gasteiger partial charge in [-0.05, 0) is 12.1 Å². The van der Waals surface area contributed by atoms with Crippen molar-refractivity contribution >= 4 is 17.2 Å². The monoisotopic (exact) mass is 344 g/mol. The number of halogens is 3. The fourth-order valence-electron chi connectivity index (χ4n) is 1.91. The molecule has 1 amide bonds. The molecule has 0 atom stereocenters. The van der Waals surface area contributed by atoms with E-state index in [1.807, 2.05) is 0 Å². The summed E-state index contributed by atoms with van der Waals surface area (Å²) in [6.07, 6.45) is -4.36. The molecular formula is C15H15F3N2O2S. The molecule has 0 saturated heterocycles. The van der Waals surface area contributed by atoms with E-state index < -0.39 is 11.7 Å². The summed E-state index contributed by atoms with van der Waals surface area (Å²) in [5.41, 5.74) is 0.134. The van der Waals surface area contributed by atoms with Crippen LogP contribution >= 0.6 is 11.3 Å². The van der Waals surface area contributed by atoms with Crippen molar-refractivity contribution in [3.63, 3.8) is 0 Å². The van der Waals surface area contributed by atoms with Crippen LogP contribution in [-0.2, 0) is 17.4 Å². The Morgan fingerprint density at radius 3 is 2.78 bits per heavy atom. The van der Waals surface area contributed by atoms with Gasteiger partial charge in [-0.3, -0.25) is 4.79 Å². The van der Waals surface area contributed by atoms with Crippen LogP contribution in [0, 0.1) is 0 Å². The van der Waals surface area contributed by atoms with Gasteiger partial charge >= 0.3 is 6.18 Å². The van der Waals surface area contributed by atoms with Crippen LogP contribution in [0.3, 0.4) is 0 Å². The lowest BCUT2D eigenvalue weighted by molar-refractivity contribution is -0.137. The summed E-state index contributed by atoms with van der Waals surface area (Å²) in [4.78, 5) is 17.5. The van der Waals surface area contributed by atoms with Crippen molar-refractivity contribution in [2.75, 3.05) is 20.2 Å². The molecule has 0 spiro atoms. The molecule has 1 aromatic carbocycles. The fraction of sp³-hybridized carbons (Fsp3) is 0.333. The average Bonchev–Trinajstić information content (AvgIpc) is 2.95. The van der Waals surface area contributed by atoms with Gasteiger partial charge < -0.3 is 10.0 Å². The number of thiazole rings is 1. The van der Waals surface area contributed by atoms with Gasteiger partial charge in [0.05, 0.1) is 24.3 Å². The molecule has 1 aromatic heterocycles. The minimum absolute atomic E-state index is 0.0476. The molecule has 4 nitrogen and oxygen atoms in total. The van der Waals surface area contributed by atoms with E-state index in [9.17, 15) is 18.0 Å². The summed E-state index contributed by atoms with van der Waals surface area (Å²) in [5, 5.41) is 10.9. The number of likely N-dealkylation sites (N-methyl/N-ethyl adjacent to an activating group) is 1. The molecule has 0 bridgehead atoms. The smallest absolute Gasteiger partial charge is 0.395 e. The predicted molar refractivity (Wildman–Crippen MR) is 81.0 cm³/mol. The Bertz CT molecular complexity index is 685. The number of aliphatic hydroxyl groups is 1.